The van der Waals surface area contributed by atoms with E-state index in [1.54, 1.807) is 4.90 Å². The van der Waals surface area contributed by atoms with E-state index in [0.717, 1.165) is 6.42 Å². The molecule has 0 bridgehead atoms. The summed E-state index contributed by atoms with van der Waals surface area (Å²) in [6.45, 7) is 9.00. The van der Waals surface area contributed by atoms with Gasteiger partial charge in [-0.25, -0.2) is 0 Å². The molecule has 4 heteroatoms. The molecule has 0 aromatic heterocycles. The van der Waals surface area contributed by atoms with Crippen molar-refractivity contribution in [3.8, 4) is 0 Å². The first-order valence-electron chi connectivity index (χ1n) is 6.04. The first-order chi connectivity index (χ1) is 7.47. The molecule has 1 aliphatic heterocycles. The fourth-order valence-electron chi connectivity index (χ4n) is 2.01. The van der Waals surface area contributed by atoms with Gasteiger partial charge in [0.25, 0.3) is 0 Å². The summed E-state index contributed by atoms with van der Waals surface area (Å²) >= 11 is 0. The van der Waals surface area contributed by atoms with Crippen LogP contribution in [0, 0.1) is 11.8 Å². The van der Waals surface area contributed by atoms with E-state index in [2.05, 4.69) is 19.2 Å². The summed E-state index contributed by atoms with van der Waals surface area (Å²) in [5.41, 5.74) is 0. The molecule has 1 fully saturated rings. The maximum atomic E-state index is 11.8. The van der Waals surface area contributed by atoms with Crippen molar-refractivity contribution in [1.82, 2.24) is 10.2 Å². The number of hydrogen-bond donors (Lipinski definition) is 1. The third-order valence-electron chi connectivity index (χ3n) is 3.18. The smallest absolute Gasteiger partial charge is 0.243 e. The predicted octanol–water partition coefficient (Wildman–Crippen LogP) is 1.02. The predicted molar refractivity (Wildman–Crippen MR) is 62.8 cm³/mol. The summed E-state index contributed by atoms with van der Waals surface area (Å²) in [5, 5.41) is 2.65. The Kier molecular flexibility index (Phi) is 4.33. The van der Waals surface area contributed by atoms with Gasteiger partial charge in [-0.2, -0.15) is 0 Å². The van der Waals surface area contributed by atoms with Crippen LogP contribution in [0.25, 0.3) is 0 Å². The van der Waals surface area contributed by atoms with Crippen LogP contribution in [0.15, 0.2) is 0 Å². The lowest BCUT2D eigenvalue weighted by Gasteiger charge is -2.38. The Bertz CT molecular complexity index is 276. The maximum absolute atomic E-state index is 11.8. The van der Waals surface area contributed by atoms with Crippen molar-refractivity contribution in [2.75, 3.05) is 13.1 Å². The van der Waals surface area contributed by atoms with E-state index in [9.17, 15) is 9.59 Å². The topological polar surface area (TPSA) is 49.4 Å². The number of amides is 2. The Hall–Kier alpha value is -1.06. The van der Waals surface area contributed by atoms with Crippen molar-refractivity contribution in [3.63, 3.8) is 0 Å². The molecule has 2 amide bonds. The van der Waals surface area contributed by atoms with Crippen molar-refractivity contribution in [1.29, 1.82) is 0 Å². The van der Waals surface area contributed by atoms with E-state index < -0.39 is 0 Å². The lowest BCUT2D eigenvalue weighted by molar-refractivity contribution is -0.148. The summed E-state index contributed by atoms with van der Waals surface area (Å²) in [6.07, 6.45) is 1.02. The molecule has 1 rings (SSSR count). The zero-order chi connectivity index (χ0) is 12.3. The highest BCUT2D eigenvalue weighted by Gasteiger charge is 2.36. The van der Waals surface area contributed by atoms with E-state index in [4.69, 9.17) is 0 Å². The minimum absolute atomic E-state index is 0.0158. The normalized spacial score (nSPS) is 23.6. The third-order valence-corrected chi connectivity index (χ3v) is 3.18. The number of carbonyl (C=O) groups is 2. The quantitative estimate of drug-likeness (QED) is 0.778. The molecular formula is C12H22N2O2. The maximum Gasteiger partial charge on any atom is 0.243 e. The van der Waals surface area contributed by atoms with Gasteiger partial charge in [-0.15, -0.1) is 0 Å². The number of carbonyl (C=O) groups excluding carboxylic acids is 2. The van der Waals surface area contributed by atoms with Crippen molar-refractivity contribution < 1.29 is 9.59 Å². The van der Waals surface area contributed by atoms with Crippen LogP contribution in [0.1, 0.15) is 34.1 Å². The first-order valence-corrected chi connectivity index (χ1v) is 6.04. The highest BCUT2D eigenvalue weighted by atomic mass is 16.2. The molecule has 1 N–H and O–H groups in total. The van der Waals surface area contributed by atoms with Crippen LogP contribution >= 0.6 is 0 Å². The molecule has 0 saturated carbocycles. The summed E-state index contributed by atoms with van der Waals surface area (Å²) in [7, 11) is 0. The molecular weight excluding hydrogens is 204 g/mol. The Balaban J connectivity index is 2.80. The molecule has 0 aliphatic carbocycles. The average molecular weight is 226 g/mol. The number of hydrogen-bond acceptors (Lipinski definition) is 2. The molecule has 16 heavy (non-hydrogen) atoms. The van der Waals surface area contributed by atoms with Crippen LogP contribution in [0.4, 0.5) is 0 Å². The standard InChI is InChI=1S/C12H22N2O2/c1-5-9(4)7-14-10(15)6-13-12(16)11(14)8(2)3/h8-9,11H,5-7H2,1-4H3,(H,13,16). The molecule has 0 aromatic rings. The third kappa shape index (κ3) is 2.74. The largest absolute Gasteiger partial charge is 0.345 e. The van der Waals surface area contributed by atoms with E-state index in [-0.39, 0.29) is 30.3 Å². The second-order valence-corrected chi connectivity index (χ2v) is 4.97. The van der Waals surface area contributed by atoms with Crippen LogP contribution in [-0.2, 0) is 9.59 Å². The molecule has 92 valence electrons. The second kappa shape index (κ2) is 5.32. The summed E-state index contributed by atoms with van der Waals surface area (Å²) < 4.78 is 0. The zero-order valence-electron chi connectivity index (χ0n) is 10.6. The van der Waals surface area contributed by atoms with Gasteiger partial charge in [0.2, 0.25) is 11.8 Å². The van der Waals surface area contributed by atoms with E-state index in [1.165, 1.54) is 0 Å². The number of nitrogens with one attached hydrogen (secondary N) is 1. The molecule has 0 spiro atoms. The lowest BCUT2D eigenvalue weighted by Crippen LogP contribution is -2.61. The summed E-state index contributed by atoms with van der Waals surface area (Å²) in [5.74, 6) is 0.626. The van der Waals surface area contributed by atoms with Crippen molar-refractivity contribution >= 4 is 11.8 Å². The van der Waals surface area contributed by atoms with Crippen LogP contribution in [0.5, 0.6) is 0 Å². The fourth-order valence-corrected chi connectivity index (χ4v) is 2.01. The van der Waals surface area contributed by atoms with Gasteiger partial charge in [-0.1, -0.05) is 34.1 Å². The Labute approximate surface area is 97.4 Å². The molecule has 1 saturated heterocycles. The number of piperazine rings is 1. The Morgan fingerprint density at radius 3 is 2.50 bits per heavy atom. The van der Waals surface area contributed by atoms with Gasteiger partial charge in [0.15, 0.2) is 0 Å². The second-order valence-electron chi connectivity index (χ2n) is 4.97. The SMILES string of the molecule is CCC(C)CN1C(=O)CNC(=O)C1C(C)C. The molecule has 1 aliphatic rings. The monoisotopic (exact) mass is 226 g/mol. The highest BCUT2D eigenvalue weighted by molar-refractivity contribution is 5.94. The Morgan fingerprint density at radius 1 is 1.38 bits per heavy atom. The van der Waals surface area contributed by atoms with Crippen molar-refractivity contribution in [2.45, 2.75) is 40.2 Å². The van der Waals surface area contributed by atoms with Crippen LogP contribution in [-0.4, -0.2) is 35.8 Å². The molecule has 2 atom stereocenters. The van der Waals surface area contributed by atoms with Gasteiger partial charge >= 0.3 is 0 Å². The molecule has 2 unspecified atom stereocenters. The van der Waals surface area contributed by atoms with Gasteiger partial charge in [-0.3, -0.25) is 9.59 Å². The average Bonchev–Trinajstić information content (AvgIpc) is 2.22. The molecule has 1 heterocycles. The summed E-state index contributed by atoms with van der Waals surface area (Å²) in [6, 6.07) is -0.296. The molecule has 0 aromatic carbocycles. The van der Waals surface area contributed by atoms with Crippen LogP contribution < -0.4 is 5.32 Å². The van der Waals surface area contributed by atoms with Crippen molar-refractivity contribution in [2.24, 2.45) is 11.8 Å². The number of rotatable bonds is 4. The van der Waals surface area contributed by atoms with E-state index in [0.29, 0.717) is 12.5 Å². The Morgan fingerprint density at radius 2 is 2.00 bits per heavy atom. The first kappa shape index (κ1) is 13.0. The van der Waals surface area contributed by atoms with Gasteiger partial charge in [0.1, 0.15) is 6.04 Å². The molecule has 4 nitrogen and oxygen atoms in total. The molecule has 0 radical (unpaired) electrons. The minimum Gasteiger partial charge on any atom is -0.345 e. The van der Waals surface area contributed by atoms with Gasteiger partial charge in [0, 0.05) is 6.54 Å². The lowest BCUT2D eigenvalue weighted by atomic mass is 9.97. The summed E-state index contributed by atoms with van der Waals surface area (Å²) in [4.78, 5) is 25.3. The van der Waals surface area contributed by atoms with Crippen molar-refractivity contribution in [3.05, 3.63) is 0 Å². The van der Waals surface area contributed by atoms with Gasteiger partial charge in [-0.05, 0) is 11.8 Å². The van der Waals surface area contributed by atoms with Crippen LogP contribution in [0.2, 0.25) is 0 Å². The highest BCUT2D eigenvalue weighted by Crippen LogP contribution is 2.17. The van der Waals surface area contributed by atoms with Gasteiger partial charge < -0.3 is 10.2 Å². The van der Waals surface area contributed by atoms with E-state index >= 15 is 0 Å². The van der Waals surface area contributed by atoms with E-state index in [1.807, 2.05) is 13.8 Å². The van der Waals surface area contributed by atoms with Crippen LogP contribution in [0.3, 0.4) is 0 Å². The zero-order valence-corrected chi connectivity index (χ0v) is 10.6. The van der Waals surface area contributed by atoms with Gasteiger partial charge in [0.05, 0.1) is 6.54 Å². The fraction of sp³-hybridized carbons (Fsp3) is 0.833. The minimum atomic E-state index is -0.296. The number of nitrogens with zero attached hydrogens (tertiary/aromatic N) is 1.